The van der Waals surface area contributed by atoms with Gasteiger partial charge in [-0.15, -0.1) is 0 Å². The molecule has 1 saturated carbocycles. The van der Waals surface area contributed by atoms with Crippen LogP contribution in [0.2, 0.25) is 0 Å². The molecular weight excluding hydrogens is 184 g/mol. The van der Waals surface area contributed by atoms with E-state index in [0.717, 1.165) is 17.0 Å². The van der Waals surface area contributed by atoms with E-state index in [1.807, 2.05) is 25.2 Å². The quantitative estimate of drug-likeness (QED) is 0.689. The number of hydrogen-bond donors (Lipinski definition) is 1. The molecule has 0 spiro atoms. The molecule has 0 aliphatic heterocycles. The van der Waals surface area contributed by atoms with Gasteiger partial charge in [0.2, 0.25) is 0 Å². The van der Waals surface area contributed by atoms with Crippen LogP contribution < -0.4 is 0 Å². The van der Waals surface area contributed by atoms with Gasteiger partial charge in [-0.2, -0.15) is 0 Å². The summed E-state index contributed by atoms with van der Waals surface area (Å²) in [4.78, 5) is 0. The molecule has 2 unspecified atom stereocenters. The van der Waals surface area contributed by atoms with Gasteiger partial charge in [-0.25, -0.2) is 0 Å². The normalized spacial score (nSPS) is 28.1. The second-order valence-electron chi connectivity index (χ2n) is 3.37. The largest absolute Gasteiger partial charge is 0.396 e. The summed E-state index contributed by atoms with van der Waals surface area (Å²) < 4.78 is 0. The molecule has 0 aromatic carbocycles. The van der Waals surface area contributed by atoms with Gasteiger partial charge in [0.1, 0.15) is 0 Å². The second-order valence-corrected chi connectivity index (χ2v) is 3.80. The maximum Gasteiger partial charge on any atom is 0.0465 e. The smallest absolute Gasteiger partial charge is 0.0465 e. The van der Waals surface area contributed by atoms with Crippen LogP contribution in [0.15, 0.2) is 35.4 Å². The Bertz CT molecular complexity index is 253. The lowest BCUT2D eigenvalue weighted by atomic mass is 10.1. The molecule has 1 aliphatic carbocycles. The Morgan fingerprint density at radius 1 is 1.62 bits per heavy atom. The Morgan fingerprint density at radius 3 is 2.77 bits per heavy atom. The summed E-state index contributed by atoms with van der Waals surface area (Å²) in [7, 11) is 0. The monoisotopic (exact) mass is 198 g/mol. The van der Waals surface area contributed by atoms with Gasteiger partial charge in [0.05, 0.1) is 0 Å². The molecule has 72 valence electrons. The van der Waals surface area contributed by atoms with Crippen molar-refractivity contribution in [1.82, 2.24) is 0 Å². The van der Waals surface area contributed by atoms with Crippen molar-refractivity contribution in [3.8, 4) is 0 Å². The van der Waals surface area contributed by atoms with Crippen molar-refractivity contribution in [2.75, 3.05) is 6.61 Å². The Labute approximate surface area is 84.4 Å². The number of hydrogen-bond acceptors (Lipinski definition) is 1. The lowest BCUT2D eigenvalue weighted by molar-refractivity contribution is 0.272. The standard InChI is InChI=1S/C11H15ClO/c1-3-10(12)5-4-8(2)11-6-9(11)7-13/h3-5,9,11,13H,2,6-7H2,1H3. The number of aliphatic hydroxyl groups is 1. The molecule has 1 N–H and O–H groups in total. The molecule has 13 heavy (non-hydrogen) atoms. The van der Waals surface area contributed by atoms with Crippen molar-refractivity contribution >= 4 is 11.6 Å². The van der Waals surface area contributed by atoms with Crippen LogP contribution in [0.25, 0.3) is 0 Å². The fourth-order valence-corrected chi connectivity index (χ4v) is 1.37. The van der Waals surface area contributed by atoms with Crippen LogP contribution in [0.3, 0.4) is 0 Å². The third kappa shape index (κ3) is 3.02. The first-order chi connectivity index (χ1) is 6.19. The number of halogens is 1. The van der Waals surface area contributed by atoms with E-state index in [-0.39, 0.29) is 6.61 Å². The summed E-state index contributed by atoms with van der Waals surface area (Å²) in [6.45, 7) is 6.10. The molecule has 1 fully saturated rings. The third-order valence-corrected chi connectivity index (χ3v) is 2.71. The van der Waals surface area contributed by atoms with Gasteiger partial charge >= 0.3 is 0 Å². The summed E-state index contributed by atoms with van der Waals surface area (Å²) in [5.74, 6) is 0.907. The van der Waals surface area contributed by atoms with E-state index in [2.05, 4.69) is 6.58 Å². The molecule has 1 aliphatic rings. The SMILES string of the molecule is C=C(C=CC(Cl)=CC)C1CC1CO. The van der Waals surface area contributed by atoms with Gasteiger partial charge in [-0.3, -0.25) is 0 Å². The highest BCUT2D eigenvalue weighted by atomic mass is 35.5. The van der Waals surface area contributed by atoms with Gasteiger partial charge in [-0.1, -0.05) is 35.9 Å². The van der Waals surface area contributed by atoms with Gasteiger partial charge in [0.15, 0.2) is 0 Å². The predicted octanol–water partition coefficient (Wildman–Crippen LogP) is 2.87. The van der Waals surface area contributed by atoms with Crippen molar-refractivity contribution < 1.29 is 5.11 Å². The molecule has 0 saturated heterocycles. The summed E-state index contributed by atoms with van der Waals surface area (Å²) in [5.41, 5.74) is 1.07. The Hall–Kier alpha value is -0.530. The van der Waals surface area contributed by atoms with Gasteiger partial charge < -0.3 is 5.11 Å². The van der Waals surface area contributed by atoms with Crippen LogP contribution in [-0.4, -0.2) is 11.7 Å². The summed E-state index contributed by atoms with van der Waals surface area (Å²) >= 11 is 5.79. The summed E-state index contributed by atoms with van der Waals surface area (Å²) in [6.07, 6.45) is 6.67. The highest BCUT2D eigenvalue weighted by molar-refractivity contribution is 6.31. The summed E-state index contributed by atoms with van der Waals surface area (Å²) in [6, 6.07) is 0. The van der Waals surface area contributed by atoms with E-state index >= 15 is 0 Å². The van der Waals surface area contributed by atoms with Crippen molar-refractivity contribution in [2.45, 2.75) is 13.3 Å². The maximum absolute atomic E-state index is 8.85. The second kappa shape index (κ2) is 4.64. The Morgan fingerprint density at radius 2 is 2.31 bits per heavy atom. The third-order valence-electron chi connectivity index (χ3n) is 2.37. The minimum Gasteiger partial charge on any atom is -0.396 e. The van der Waals surface area contributed by atoms with E-state index in [9.17, 15) is 0 Å². The number of rotatable bonds is 4. The molecule has 0 amide bonds. The minimum absolute atomic E-state index is 0.273. The van der Waals surface area contributed by atoms with E-state index in [1.165, 1.54) is 0 Å². The highest BCUT2D eigenvalue weighted by Crippen LogP contribution is 2.43. The highest BCUT2D eigenvalue weighted by Gasteiger charge is 2.37. The Balaban J connectivity index is 2.39. The average Bonchev–Trinajstić information content (AvgIpc) is 2.92. The molecular formula is C11H15ClO. The first kappa shape index (κ1) is 10.6. The van der Waals surface area contributed by atoms with Crippen LogP contribution in [0, 0.1) is 11.8 Å². The van der Waals surface area contributed by atoms with Crippen molar-refractivity contribution in [3.63, 3.8) is 0 Å². The molecule has 0 radical (unpaired) electrons. The zero-order valence-electron chi connectivity index (χ0n) is 7.83. The van der Waals surface area contributed by atoms with Gasteiger partial charge in [0.25, 0.3) is 0 Å². The van der Waals surface area contributed by atoms with Crippen molar-refractivity contribution in [1.29, 1.82) is 0 Å². The zero-order chi connectivity index (χ0) is 9.84. The minimum atomic E-state index is 0.273. The van der Waals surface area contributed by atoms with E-state index in [4.69, 9.17) is 16.7 Å². The van der Waals surface area contributed by atoms with Crippen LogP contribution in [0.5, 0.6) is 0 Å². The fourth-order valence-electron chi connectivity index (χ4n) is 1.31. The Kier molecular flexibility index (Phi) is 3.76. The van der Waals surface area contributed by atoms with Crippen molar-refractivity contribution in [2.24, 2.45) is 11.8 Å². The lowest BCUT2D eigenvalue weighted by Crippen LogP contribution is -1.89. The molecule has 0 aromatic rings. The number of aliphatic hydroxyl groups excluding tert-OH is 1. The average molecular weight is 199 g/mol. The van der Waals surface area contributed by atoms with Gasteiger partial charge in [-0.05, 0) is 31.3 Å². The lowest BCUT2D eigenvalue weighted by Gasteiger charge is -1.95. The first-order valence-electron chi connectivity index (χ1n) is 4.48. The molecule has 2 heteroatoms. The first-order valence-corrected chi connectivity index (χ1v) is 4.86. The zero-order valence-corrected chi connectivity index (χ0v) is 8.59. The van der Waals surface area contributed by atoms with Crippen LogP contribution >= 0.6 is 11.6 Å². The molecule has 1 rings (SSSR count). The van der Waals surface area contributed by atoms with E-state index in [0.29, 0.717) is 11.8 Å². The predicted molar refractivity (Wildman–Crippen MR) is 56.6 cm³/mol. The van der Waals surface area contributed by atoms with Crippen molar-refractivity contribution in [3.05, 3.63) is 35.4 Å². The van der Waals surface area contributed by atoms with E-state index in [1.54, 1.807) is 0 Å². The molecule has 0 aromatic heterocycles. The molecule has 2 atom stereocenters. The maximum atomic E-state index is 8.85. The molecule has 0 heterocycles. The molecule has 1 nitrogen and oxygen atoms in total. The fraction of sp³-hybridized carbons (Fsp3) is 0.455. The van der Waals surface area contributed by atoms with Gasteiger partial charge in [0, 0.05) is 11.6 Å². The van der Waals surface area contributed by atoms with E-state index < -0.39 is 0 Å². The number of allylic oxidation sites excluding steroid dienone is 5. The van der Waals surface area contributed by atoms with Crippen LogP contribution in [0.1, 0.15) is 13.3 Å². The molecule has 0 bridgehead atoms. The van der Waals surface area contributed by atoms with Crippen LogP contribution in [0.4, 0.5) is 0 Å². The topological polar surface area (TPSA) is 20.2 Å². The summed E-state index contributed by atoms with van der Waals surface area (Å²) in [5, 5.41) is 9.57. The van der Waals surface area contributed by atoms with Crippen LogP contribution in [-0.2, 0) is 0 Å².